The number of benzene rings is 3. The lowest BCUT2D eigenvalue weighted by Gasteiger charge is -2.18. The second kappa shape index (κ2) is 12.0. The van der Waals surface area contributed by atoms with E-state index in [9.17, 15) is 18.8 Å². The van der Waals surface area contributed by atoms with Crippen LogP contribution in [-0.4, -0.2) is 54.7 Å². The van der Waals surface area contributed by atoms with Gasteiger partial charge in [0.25, 0.3) is 17.1 Å². The number of carbonyl (C=O) groups is 3. The summed E-state index contributed by atoms with van der Waals surface area (Å²) in [6, 6.07) is 18.3. The molecule has 0 unspecified atom stereocenters. The van der Waals surface area contributed by atoms with E-state index in [4.69, 9.17) is 9.47 Å². The van der Waals surface area contributed by atoms with Crippen LogP contribution in [-0.2, 0) is 17.8 Å². The highest BCUT2D eigenvalue weighted by molar-refractivity contribution is 8.18. The smallest absolute Gasteiger partial charge is 0.293 e. The molecule has 0 bridgehead atoms. The number of rotatable bonds is 9. The predicted octanol–water partition coefficient (Wildman–Crippen LogP) is 5.39. The van der Waals surface area contributed by atoms with Crippen molar-refractivity contribution in [1.82, 2.24) is 9.80 Å². The first-order valence-corrected chi connectivity index (χ1v) is 12.7. The van der Waals surface area contributed by atoms with Crippen LogP contribution >= 0.6 is 11.8 Å². The van der Waals surface area contributed by atoms with Gasteiger partial charge in [-0.3, -0.25) is 19.3 Å². The van der Waals surface area contributed by atoms with Crippen LogP contribution in [0.1, 0.15) is 27.0 Å². The maximum absolute atomic E-state index is 13.5. The molecule has 1 heterocycles. The first-order valence-electron chi connectivity index (χ1n) is 11.9. The summed E-state index contributed by atoms with van der Waals surface area (Å²) in [5.41, 5.74) is 2.75. The van der Waals surface area contributed by atoms with E-state index < -0.39 is 17.0 Å². The maximum atomic E-state index is 13.5. The van der Waals surface area contributed by atoms with E-state index in [-0.39, 0.29) is 17.4 Å². The molecule has 0 aromatic heterocycles. The SMILES string of the molecule is COc1ccc(CCN(C)C(=O)c2ccc(C=C3SC(=O)N(Cc4cccc(F)c4)C3=O)cc2)cc1OC. The van der Waals surface area contributed by atoms with Gasteiger partial charge in [0.1, 0.15) is 5.82 Å². The second-order valence-electron chi connectivity index (χ2n) is 8.69. The van der Waals surface area contributed by atoms with Gasteiger partial charge >= 0.3 is 0 Å². The van der Waals surface area contributed by atoms with Crippen molar-refractivity contribution >= 4 is 34.9 Å². The van der Waals surface area contributed by atoms with Gasteiger partial charge in [0.2, 0.25) is 0 Å². The molecular formula is C29H27FN2O5S. The highest BCUT2D eigenvalue weighted by atomic mass is 32.2. The summed E-state index contributed by atoms with van der Waals surface area (Å²) in [5, 5.41) is -0.409. The average molecular weight is 535 g/mol. The van der Waals surface area contributed by atoms with Crippen LogP contribution < -0.4 is 9.47 Å². The zero-order chi connectivity index (χ0) is 27.2. The fourth-order valence-corrected chi connectivity index (χ4v) is 4.82. The minimum Gasteiger partial charge on any atom is -0.493 e. The Bertz CT molecular complexity index is 1390. The third kappa shape index (κ3) is 6.23. The van der Waals surface area contributed by atoms with E-state index in [2.05, 4.69) is 0 Å². The zero-order valence-electron chi connectivity index (χ0n) is 21.3. The third-order valence-corrected chi connectivity index (χ3v) is 7.00. The Morgan fingerprint density at radius 1 is 0.974 bits per heavy atom. The van der Waals surface area contributed by atoms with Gasteiger partial charge in [-0.05, 0) is 77.3 Å². The number of thioether (sulfide) groups is 1. The largest absolute Gasteiger partial charge is 0.493 e. The normalized spacial score (nSPS) is 14.2. The van der Waals surface area contributed by atoms with Crippen LogP contribution in [0.15, 0.2) is 71.6 Å². The summed E-state index contributed by atoms with van der Waals surface area (Å²) in [6.45, 7) is 0.511. The van der Waals surface area contributed by atoms with Crippen molar-refractivity contribution < 1.29 is 28.2 Å². The van der Waals surface area contributed by atoms with E-state index in [1.54, 1.807) is 62.6 Å². The van der Waals surface area contributed by atoms with Crippen LogP contribution in [0.5, 0.6) is 11.5 Å². The molecule has 0 aliphatic carbocycles. The van der Waals surface area contributed by atoms with Crippen molar-refractivity contribution in [3.05, 3.63) is 99.7 Å². The molecule has 7 nitrogen and oxygen atoms in total. The van der Waals surface area contributed by atoms with Crippen LogP contribution in [0.4, 0.5) is 9.18 Å². The van der Waals surface area contributed by atoms with Gasteiger partial charge < -0.3 is 14.4 Å². The van der Waals surface area contributed by atoms with Crippen LogP contribution in [0, 0.1) is 5.82 Å². The third-order valence-electron chi connectivity index (χ3n) is 6.09. The number of amides is 3. The van der Waals surface area contributed by atoms with E-state index in [0.717, 1.165) is 22.2 Å². The molecular weight excluding hydrogens is 507 g/mol. The summed E-state index contributed by atoms with van der Waals surface area (Å²) in [5.74, 6) is 0.302. The van der Waals surface area contributed by atoms with Crippen molar-refractivity contribution in [3.63, 3.8) is 0 Å². The number of ether oxygens (including phenoxy) is 2. The quantitative estimate of drug-likeness (QED) is 0.343. The Hall–Kier alpha value is -4.11. The Labute approximate surface area is 224 Å². The molecule has 0 spiro atoms. The Balaban J connectivity index is 1.37. The summed E-state index contributed by atoms with van der Waals surface area (Å²) < 4.78 is 24.1. The monoisotopic (exact) mass is 534 g/mol. The van der Waals surface area contributed by atoms with Gasteiger partial charge in [-0.15, -0.1) is 0 Å². The molecule has 0 radical (unpaired) electrons. The van der Waals surface area contributed by atoms with Gasteiger partial charge in [-0.25, -0.2) is 4.39 Å². The van der Waals surface area contributed by atoms with E-state index in [1.165, 1.54) is 18.2 Å². The summed E-state index contributed by atoms with van der Waals surface area (Å²) in [4.78, 5) is 41.1. The number of likely N-dealkylation sites (N-methyl/N-ethyl adjacent to an activating group) is 1. The van der Waals surface area contributed by atoms with E-state index in [0.29, 0.717) is 41.2 Å². The molecule has 1 fully saturated rings. The number of nitrogens with zero attached hydrogens (tertiary/aromatic N) is 2. The van der Waals surface area contributed by atoms with Crippen LogP contribution in [0.3, 0.4) is 0 Å². The standard InChI is InChI=1S/C29H27FN2O5S/c1-31(14-13-20-9-12-24(36-2)25(16-20)37-3)27(33)22-10-7-19(8-11-22)17-26-28(34)32(29(35)38-26)18-21-5-4-6-23(30)15-21/h4-12,15-17H,13-14,18H2,1-3H3. The highest BCUT2D eigenvalue weighted by Gasteiger charge is 2.35. The fraction of sp³-hybridized carbons (Fsp3) is 0.207. The van der Waals surface area contributed by atoms with E-state index >= 15 is 0 Å². The Morgan fingerprint density at radius 3 is 2.39 bits per heavy atom. The molecule has 0 N–H and O–H groups in total. The number of halogens is 1. The van der Waals surface area contributed by atoms with Crippen molar-refractivity contribution in [3.8, 4) is 11.5 Å². The van der Waals surface area contributed by atoms with Gasteiger partial charge in [0, 0.05) is 19.2 Å². The molecule has 196 valence electrons. The Morgan fingerprint density at radius 2 is 1.71 bits per heavy atom. The number of hydrogen-bond acceptors (Lipinski definition) is 6. The number of imide groups is 1. The molecule has 9 heteroatoms. The van der Waals surface area contributed by atoms with Gasteiger partial charge in [-0.2, -0.15) is 0 Å². The van der Waals surface area contributed by atoms with E-state index in [1.807, 2.05) is 18.2 Å². The van der Waals surface area contributed by atoms with Gasteiger partial charge in [0.15, 0.2) is 11.5 Å². The van der Waals surface area contributed by atoms with Gasteiger partial charge in [-0.1, -0.05) is 30.3 Å². The molecule has 3 amide bonds. The lowest BCUT2D eigenvalue weighted by molar-refractivity contribution is -0.123. The maximum Gasteiger partial charge on any atom is 0.293 e. The average Bonchev–Trinajstić information content (AvgIpc) is 3.18. The molecule has 38 heavy (non-hydrogen) atoms. The Kier molecular flexibility index (Phi) is 8.48. The van der Waals surface area contributed by atoms with Crippen LogP contribution in [0.25, 0.3) is 6.08 Å². The molecule has 0 atom stereocenters. The highest BCUT2D eigenvalue weighted by Crippen LogP contribution is 2.33. The molecule has 1 aliphatic rings. The summed E-state index contributed by atoms with van der Waals surface area (Å²) >= 11 is 0.838. The topological polar surface area (TPSA) is 76.2 Å². The first kappa shape index (κ1) is 26.9. The minimum absolute atomic E-state index is 0.00283. The minimum atomic E-state index is -0.431. The number of hydrogen-bond donors (Lipinski definition) is 0. The van der Waals surface area contributed by atoms with Crippen molar-refractivity contribution in [2.24, 2.45) is 0 Å². The fourth-order valence-electron chi connectivity index (χ4n) is 3.98. The number of methoxy groups -OCH3 is 2. The lowest BCUT2D eigenvalue weighted by atomic mass is 10.1. The predicted molar refractivity (Wildman–Crippen MR) is 145 cm³/mol. The zero-order valence-corrected chi connectivity index (χ0v) is 22.1. The summed E-state index contributed by atoms with van der Waals surface area (Å²) in [6.07, 6.45) is 2.26. The van der Waals surface area contributed by atoms with Crippen molar-refractivity contribution in [2.75, 3.05) is 27.8 Å². The number of carbonyl (C=O) groups excluding carboxylic acids is 3. The van der Waals surface area contributed by atoms with Crippen molar-refractivity contribution in [1.29, 1.82) is 0 Å². The molecule has 4 rings (SSSR count). The lowest BCUT2D eigenvalue weighted by Crippen LogP contribution is -2.28. The molecule has 3 aromatic rings. The van der Waals surface area contributed by atoms with Gasteiger partial charge in [0.05, 0.1) is 25.7 Å². The molecule has 3 aromatic carbocycles. The molecule has 0 saturated carbocycles. The van der Waals surface area contributed by atoms with Crippen LogP contribution in [0.2, 0.25) is 0 Å². The molecule has 1 aliphatic heterocycles. The second-order valence-corrected chi connectivity index (χ2v) is 9.68. The first-order chi connectivity index (χ1) is 18.3. The van der Waals surface area contributed by atoms with Crippen molar-refractivity contribution in [2.45, 2.75) is 13.0 Å². The molecule has 1 saturated heterocycles. The summed E-state index contributed by atoms with van der Waals surface area (Å²) in [7, 11) is 4.91.